The highest BCUT2D eigenvalue weighted by atomic mass is 16.4. The van der Waals surface area contributed by atoms with Gasteiger partial charge in [-0.1, -0.05) is 12.8 Å². The van der Waals surface area contributed by atoms with Crippen molar-refractivity contribution in [2.24, 2.45) is 5.73 Å². The van der Waals surface area contributed by atoms with Crippen molar-refractivity contribution in [2.75, 3.05) is 6.54 Å². The number of carboxylic acids is 1. The van der Waals surface area contributed by atoms with E-state index in [0.29, 0.717) is 25.7 Å². The fourth-order valence-corrected chi connectivity index (χ4v) is 2.43. The minimum atomic E-state index is -1.32. The number of nitrogens with two attached hydrogens (primary N) is 1. The van der Waals surface area contributed by atoms with Gasteiger partial charge in [0.25, 0.3) is 0 Å². The second-order valence-electron chi connectivity index (χ2n) is 5.19. The Morgan fingerprint density at radius 2 is 2.17 bits per heavy atom. The predicted molar refractivity (Wildman–Crippen MR) is 69.0 cm³/mol. The number of hydrogen-bond donors (Lipinski definition) is 5. The zero-order valence-corrected chi connectivity index (χ0v) is 10.6. The van der Waals surface area contributed by atoms with Crippen LogP contribution < -0.4 is 11.1 Å². The zero-order valence-electron chi connectivity index (χ0n) is 10.6. The molecule has 2 unspecified atom stereocenters. The zero-order chi connectivity index (χ0) is 13.6. The van der Waals surface area contributed by atoms with Gasteiger partial charge in [0.2, 0.25) is 0 Å². The minimum Gasteiger partial charge on any atom is -0.480 e. The highest BCUT2D eigenvalue weighted by Gasteiger charge is 2.36. The van der Waals surface area contributed by atoms with Crippen LogP contribution in [0.4, 0.5) is 0 Å². The third kappa shape index (κ3) is 4.93. The van der Waals surface area contributed by atoms with E-state index in [1.165, 1.54) is 0 Å². The first-order valence-corrected chi connectivity index (χ1v) is 6.56. The van der Waals surface area contributed by atoms with E-state index in [1.807, 2.05) is 0 Å². The predicted octanol–water partition coefficient (Wildman–Crippen LogP) is -0.446. The van der Waals surface area contributed by atoms with Gasteiger partial charge in [-0.15, -0.1) is 0 Å². The van der Waals surface area contributed by atoms with Gasteiger partial charge < -0.3 is 26.2 Å². The number of aliphatic carboxylic acids is 1. The van der Waals surface area contributed by atoms with Gasteiger partial charge in [-0.05, 0) is 38.5 Å². The molecule has 0 radical (unpaired) electrons. The summed E-state index contributed by atoms with van der Waals surface area (Å²) in [6.45, 7) is 0.928. The Morgan fingerprint density at radius 1 is 1.44 bits per heavy atom. The van der Waals surface area contributed by atoms with Crippen LogP contribution in [0.1, 0.15) is 38.5 Å². The summed E-state index contributed by atoms with van der Waals surface area (Å²) in [5.41, 5.74) is 4.77. The van der Waals surface area contributed by atoms with Gasteiger partial charge in [0.15, 0.2) is 0 Å². The molecule has 1 aliphatic heterocycles. The summed E-state index contributed by atoms with van der Waals surface area (Å²) < 4.78 is 0. The molecule has 1 heterocycles. The topological polar surface area (TPSA) is 116 Å². The Hall–Kier alpha value is -0.625. The average Bonchev–Trinajstić information content (AvgIpc) is 2.76. The summed E-state index contributed by atoms with van der Waals surface area (Å²) in [5, 5.41) is 29.9. The Kier molecular flexibility index (Phi) is 6.07. The van der Waals surface area contributed by atoms with Crippen molar-refractivity contribution < 1.29 is 19.9 Å². The van der Waals surface area contributed by atoms with Crippen LogP contribution >= 0.6 is 0 Å². The van der Waals surface area contributed by atoms with Gasteiger partial charge in [-0.25, -0.2) is 0 Å². The number of unbranched alkanes of at least 4 members (excludes halogenated alkanes) is 1. The lowest BCUT2D eigenvalue weighted by Gasteiger charge is -2.27. The molecular formula is C11H23BN2O4. The fourth-order valence-electron chi connectivity index (χ4n) is 2.43. The van der Waals surface area contributed by atoms with Gasteiger partial charge in [0.05, 0.1) is 0 Å². The highest BCUT2D eigenvalue weighted by molar-refractivity contribution is 6.40. The summed E-state index contributed by atoms with van der Waals surface area (Å²) in [4.78, 5) is 11.3. The number of rotatable bonds is 8. The molecule has 0 bridgehead atoms. The lowest BCUT2D eigenvalue weighted by atomic mass is 9.80. The van der Waals surface area contributed by atoms with Gasteiger partial charge >= 0.3 is 13.1 Å². The van der Waals surface area contributed by atoms with Gasteiger partial charge in [0.1, 0.15) is 5.54 Å². The van der Waals surface area contributed by atoms with Crippen LogP contribution in [-0.4, -0.2) is 46.4 Å². The van der Waals surface area contributed by atoms with Crippen LogP contribution in [0.5, 0.6) is 0 Å². The molecule has 0 aromatic rings. The van der Waals surface area contributed by atoms with Crippen molar-refractivity contribution in [3.63, 3.8) is 0 Å². The molecule has 0 saturated carbocycles. The number of carboxylic acid groups (broad SMARTS) is 1. The largest absolute Gasteiger partial charge is 0.480 e. The van der Waals surface area contributed by atoms with Crippen LogP contribution in [-0.2, 0) is 4.79 Å². The molecule has 0 aliphatic carbocycles. The average molecular weight is 258 g/mol. The van der Waals surface area contributed by atoms with Crippen molar-refractivity contribution in [3.05, 3.63) is 0 Å². The second-order valence-corrected chi connectivity index (χ2v) is 5.19. The fraction of sp³-hybridized carbons (Fsp3) is 0.909. The van der Waals surface area contributed by atoms with Crippen molar-refractivity contribution in [1.82, 2.24) is 5.32 Å². The lowest BCUT2D eigenvalue weighted by molar-refractivity contribution is -0.144. The lowest BCUT2D eigenvalue weighted by Crippen LogP contribution is -2.51. The molecule has 6 nitrogen and oxygen atoms in total. The van der Waals surface area contributed by atoms with E-state index in [-0.39, 0.29) is 12.4 Å². The van der Waals surface area contributed by atoms with Crippen molar-refractivity contribution in [1.29, 1.82) is 0 Å². The first-order chi connectivity index (χ1) is 8.44. The third-order valence-electron chi connectivity index (χ3n) is 3.53. The van der Waals surface area contributed by atoms with E-state index >= 15 is 0 Å². The summed E-state index contributed by atoms with van der Waals surface area (Å²) >= 11 is 0. The van der Waals surface area contributed by atoms with Gasteiger partial charge in [-0.3, -0.25) is 4.79 Å². The maximum absolute atomic E-state index is 11.3. The third-order valence-corrected chi connectivity index (χ3v) is 3.53. The molecule has 1 fully saturated rings. The molecule has 7 heteroatoms. The van der Waals surface area contributed by atoms with Crippen LogP contribution in [0.2, 0.25) is 6.32 Å². The van der Waals surface area contributed by atoms with E-state index in [0.717, 1.165) is 19.4 Å². The monoisotopic (exact) mass is 258 g/mol. The summed E-state index contributed by atoms with van der Waals surface area (Å²) in [6, 6.07) is 0.189. The Balaban J connectivity index is 2.38. The number of hydrogen-bond acceptors (Lipinski definition) is 5. The number of nitrogens with one attached hydrogen (secondary N) is 1. The van der Waals surface area contributed by atoms with E-state index in [9.17, 15) is 9.90 Å². The molecule has 18 heavy (non-hydrogen) atoms. The molecule has 104 valence electrons. The van der Waals surface area contributed by atoms with E-state index < -0.39 is 18.6 Å². The molecule has 0 amide bonds. The normalized spacial score (nSPS) is 22.7. The van der Waals surface area contributed by atoms with Crippen molar-refractivity contribution in [2.45, 2.75) is 56.4 Å². The molecule has 2 atom stereocenters. The van der Waals surface area contributed by atoms with E-state index in [4.69, 9.17) is 15.8 Å². The van der Waals surface area contributed by atoms with E-state index in [1.54, 1.807) is 0 Å². The summed E-state index contributed by atoms with van der Waals surface area (Å²) in [7, 11) is -1.32. The van der Waals surface area contributed by atoms with Crippen molar-refractivity contribution in [3.8, 4) is 0 Å². The van der Waals surface area contributed by atoms with Gasteiger partial charge in [0, 0.05) is 6.04 Å². The molecule has 1 saturated heterocycles. The van der Waals surface area contributed by atoms with E-state index in [2.05, 4.69) is 5.32 Å². The molecule has 1 rings (SSSR count). The molecule has 0 spiro atoms. The van der Waals surface area contributed by atoms with Gasteiger partial charge in [-0.2, -0.15) is 0 Å². The molecule has 1 aliphatic rings. The smallest absolute Gasteiger partial charge is 0.451 e. The van der Waals surface area contributed by atoms with Crippen LogP contribution in [0.15, 0.2) is 0 Å². The first kappa shape index (κ1) is 15.4. The Morgan fingerprint density at radius 3 is 2.67 bits per heavy atom. The quantitative estimate of drug-likeness (QED) is 0.297. The molecular weight excluding hydrogens is 235 g/mol. The SMILES string of the molecule is NC(CCCCB(O)O)(CC1CCCN1)C(=O)O. The molecule has 0 aromatic heterocycles. The standard InChI is InChI=1S/C11H23BN2O4/c13-11(10(15)16,5-1-2-6-12(17)18)8-9-4-3-7-14-9/h9,14,17-18H,1-8,13H2,(H,15,16). The van der Waals surface area contributed by atoms with Crippen LogP contribution in [0.25, 0.3) is 0 Å². The first-order valence-electron chi connectivity index (χ1n) is 6.56. The highest BCUT2D eigenvalue weighted by Crippen LogP contribution is 2.23. The van der Waals surface area contributed by atoms with Crippen molar-refractivity contribution >= 4 is 13.1 Å². The second kappa shape index (κ2) is 7.08. The van der Waals surface area contributed by atoms with Crippen LogP contribution in [0, 0.1) is 0 Å². The Bertz CT molecular complexity index is 272. The maximum Gasteiger partial charge on any atom is 0.451 e. The van der Waals surface area contributed by atoms with Crippen LogP contribution in [0.3, 0.4) is 0 Å². The summed E-state index contributed by atoms with van der Waals surface area (Å²) in [5.74, 6) is -0.972. The number of carbonyl (C=O) groups is 1. The summed E-state index contributed by atoms with van der Waals surface area (Å²) in [6.07, 6.45) is 4.27. The molecule has 0 aromatic carbocycles. The molecule has 6 N–H and O–H groups in total. The maximum atomic E-state index is 11.3. The Labute approximate surface area is 108 Å². The minimum absolute atomic E-state index is 0.189.